The van der Waals surface area contributed by atoms with Crippen LogP contribution in [0.4, 0.5) is 11.4 Å². The molecule has 2 N–H and O–H groups in total. The van der Waals surface area contributed by atoms with Crippen LogP contribution in [0.2, 0.25) is 0 Å². The van der Waals surface area contributed by atoms with Gasteiger partial charge in [0, 0.05) is 36.9 Å². The first kappa shape index (κ1) is 29.2. The van der Waals surface area contributed by atoms with Crippen LogP contribution in [-0.2, 0) is 4.79 Å². The SMILES string of the molecule is CCCCCCCCCCCCCC(=O)Nc1ccc(N2CCC(C)CC2)c(C(=O)NC(C)C)c1. The molecule has 0 unspecified atom stereocenters. The van der Waals surface area contributed by atoms with E-state index in [1.54, 1.807) is 0 Å². The minimum atomic E-state index is -0.0740. The fraction of sp³-hybridized carbons (Fsp3) is 0.733. The molecule has 1 saturated heterocycles. The van der Waals surface area contributed by atoms with Crippen molar-refractivity contribution < 1.29 is 9.59 Å². The molecular formula is C30H51N3O2. The number of hydrogen-bond acceptors (Lipinski definition) is 3. The molecule has 0 aromatic heterocycles. The molecule has 35 heavy (non-hydrogen) atoms. The van der Waals surface area contributed by atoms with Gasteiger partial charge < -0.3 is 15.5 Å². The second kappa shape index (κ2) is 16.6. The molecule has 1 heterocycles. The van der Waals surface area contributed by atoms with Gasteiger partial charge in [-0.15, -0.1) is 0 Å². The third kappa shape index (κ3) is 11.5. The molecule has 0 atom stereocenters. The van der Waals surface area contributed by atoms with Crippen LogP contribution in [0.25, 0.3) is 0 Å². The molecule has 0 aliphatic carbocycles. The van der Waals surface area contributed by atoms with Crippen LogP contribution in [-0.4, -0.2) is 30.9 Å². The molecule has 0 bridgehead atoms. The number of hydrogen-bond donors (Lipinski definition) is 2. The van der Waals surface area contributed by atoms with Gasteiger partial charge in [-0.2, -0.15) is 0 Å². The Hall–Kier alpha value is -2.04. The average molecular weight is 486 g/mol. The van der Waals surface area contributed by atoms with Crippen molar-refractivity contribution in [2.75, 3.05) is 23.3 Å². The van der Waals surface area contributed by atoms with E-state index in [9.17, 15) is 9.59 Å². The Balaban J connectivity index is 1.78. The van der Waals surface area contributed by atoms with E-state index in [2.05, 4.69) is 29.4 Å². The van der Waals surface area contributed by atoms with Crippen LogP contribution >= 0.6 is 0 Å². The smallest absolute Gasteiger partial charge is 0.253 e. The van der Waals surface area contributed by atoms with E-state index in [4.69, 9.17) is 0 Å². The van der Waals surface area contributed by atoms with Gasteiger partial charge in [0.1, 0.15) is 0 Å². The number of nitrogens with zero attached hydrogens (tertiary/aromatic N) is 1. The van der Waals surface area contributed by atoms with Crippen molar-refractivity contribution in [1.29, 1.82) is 0 Å². The Bertz CT molecular complexity index is 754. The van der Waals surface area contributed by atoms with Crippen LogP contribution in [0.15, 0.2) is 18.2 Å². The number of unbranched alkanes of at least 4 members (excludes halogenated alkanes) is 10. The second-order valence-corrected chi connectivity index (χ2v) is 10.9. The van der Waals surface area contributed by atoms with Gasteiger partial charge in [-0.3, -0.25) is 9.59 Å². The highest BCUT2D eigenvalue weighted by atomic mass is 16.2. The van der Waals surface area contributed by atoms with E-state index in [1.807, 2.05) is 32.0 Å². The summed E-state index contributed by atoms with van der Waals surface area (Å²) in [6, 6.07) is 5.86. The van der Waals surface area contributed by atoms with E-state index in [0.717, 1.165) is 50.4 Å². The van der Waals surface area contributed by atoms with Gasteiger partial charge in [0.2, 0.25) is 5.91 Å². The molecular weight excluding hydrogens is 434 g/mol. The third-order valence-electron chi connectivity index (χ3n) is 7.08. The van der Waals surface area contributed by atoms with Crippen molar-refractivity contribution in [3.8, 4) is 0 Å². The van der Waals surface area contributed by atoms with Crippen molar-refractivity contribution in [3.63, 3.8) is 0 Å². The lowest BCUT2D eigenvalue weighted by molar-refractivity contribution is -0.116. The quantitative estimate of drug-likeness (QED) is 0.236. The summed E-state index contributed by atoms with van der Waals surface area (Å²) in [5.74, 6) is 0.694. The van der Waals surface area contributed by atoms with Crippen molar-refractivity contribution >= 4 is 23.2 Å². The van der Waals surface area contributed by atoms with Crippen LogP contribution < -0.4 is 15.5 Å². The number of rotatable bonds is 16. The number of amides is 2. The monoisotopic (exact) mass is 485 g/mol. The molecule has 0 spiro atoms. The lowest BCUT2D eigenvalue weighted by Gasteiger charge is -2.33. The van der Waals surface area contributed by atoms with E-state index in [1.165, 1.54) is 57.8 Å². The van der Waals surface area contributed by atoms with Gasteiger partial charge in [0.25, 0.3) is 5.91 Å². The molecule has 0 saturated carbocycles. The molecule has 2 amide bonds. The molecule has 1 aromatic rings. The lowest BCUT2D eigenvalue weighted by Crippen LogP contribution is -2.36. The molecule has 0 radical (unpaired) electrons. The first-order valence-corrected chi connectivity index (χ1v) is 14.4. The van der Waals surface area contributed by atoms with Crippen LogP contribution in [0, 0.1) is 5.92 Å². The summed E-state index contributed by atoms with van der Waals surface area (Å²) in [4.78, 5) is 27.8. The molecule has 1 aromatic carbocycles. The maximum Gasteiger partial charge on any atom is 0.253 e. The number of carbonyl (C=O) groups excluding carboxylic acids is 2. The van der Waals surface area contributed by atoms with Gasteiger partial charge >= 0.3 is 0 Å². The molecule has 5 nitrogen and oxygen atoms in total. The predicted octanol–water partition coefficient (Wildman–Crippen LogP) is 7.70. The maximum absolute atomic E-state index is 13.0. The summed E-state index contributed by atoms with van der Waals surface area (Å²) < 4.78 is 0. The fourth-order valence-corrected chi connectivity index (χ4v) is 4.83. The molecule has 5 heteroatoms. The minimum absolute atomic E-state index is 0.0377. The molecule has 1 fully saturated rings. The Morgan fingerprint density at radius 3 is 2.06 bits per heavy atom. The fourth-order valence-electron chi connectivity index (χ4n) is 4.83. The maximum atomic E-state index is 13.0. The van der Waals surface area contributed by atoms with Gasteiger partial charge in [0.15, 0.2) is 0 Å². The molecule has 1 aliphatic rings. The van der Waals surface area contributed by atoms with Gasteiger partial charge in [0.05, 0.1) is 5.56 Å². The standard InChI is InChI=1S/C30H51N3O2/c1-5-6-7-8-9-10-11-12-13-14-15-16-29(34)32-26-17-18-28(33-21-19-25(4)20-22-33)27(23-26)30(35)31-24(2)3/h17-18,23-25H,5-16,19-22H2,1-4H3,(H,31,35)(H,32,34). The summed E-state index contributed by atoms with van der Waals surface area (Å²) in [6.45, 7) is 10.4. The summed E-state index contributed by atoms with van der Waals surface area (Å²) in [6.07, 6.45) is 16.8. The molecule has 198 valence electrons. The highest BCUT2D eigenvalue weighted by Gasteiger charge is 2.22. The highest BCUT2D eigenvalue weighted by Crippen LogP contribution is 2.29. The number of nitrogens with one attached hydrogen (secondary N) is 2. The van der Waals surface area contributed by atoms with Crippen molar-refractivity contribution in [2.45, 2.75) is 124 Å². The van der Waals surface area contributed by atoms with Gasteiger partial charge in [-0.05, 0) is 57.2 Å². The number of anilines is 2. The Kier molecular flexibility index (Phi) is 13.8. The highest BCUT2D eigenvalue weighted by molar-refractivity contribution is 6.02. The summed E-state index contributed by atoms with van der Waals surface area (Å²) in [5, 5.41) is 6.05. The first-order valence-electron chi connectivity index (χ1n) is 14.4. The van der Waals surface area contributed by atoms with E-state index in [0.29, 0.717) is 17.7 Å². The normalized spacial score (nSPS) is 14.4. The van der Waals surface area contributed by atoms with Crippen molar-refractivity contribution in [3.05, 3.63) is 23.8 Å². The van der Waals surface area contributed by atoms with Crippen molar-refractivity contribution in [2.24, 2.45) is 5.92 Å². The Morgan fingerprint density at radius 1 is 0.914 bits per heavy atom. The van der Waals surface area contributed by atoms with Crippen LogP contribution in [0.3, 0.4) is 0 Å². The zero-order valence-corrected chi connectivity index (χ0v) is 23.0. The summed E-state index contributed by atoms with van der Waals surface area (Å²) in [5.41, 5.74) is 2.33. The number of carbonyl (C=O) groups is 2. The summed E-state index contributed by atoms with van der Waals surface area (Å²) in [7, 11) is 0. The predicted molar refractivity (Wildman–Crippen MR) is 149 cm³/mol. The lowest BCUT2D eigenvalue weighted by atomic mass is 9.97. The summed E-state index contributed by atoms with van der Waals surface area (Å²) >= 11 is 0. The zero-order valence-electron chi connectivity index (χ0n) is 23.0. The third-order valence-corrected chi connectivity index (χ3v) is 7.08. The van der Waals surface area contributed by atoms with Crippen LogP contribution in [0.1, 0.15) is 128 Å². The minimum Gasteiger partial charge on any atom is -0.371 e. The number of piperidine rings is 1. The van der Waals surface area contributed by atoms with E-state index in [-0.39, 0.29) is 17.9 Å². The average Bonchev–Trinajstić information content (AvgIpc) is 2.82. The van der Waals surface area contributed by atoms with E-state index < -0.39 is 0 Å². The van der Waals surface area contributed by atoms with Crippen molar-refractivity contribution in [1.82, 2.24) is 5.32 Å². The first-order chi connectivity index (χ1) is 16.9. The second-order valence-electron chi connectivity index (χ2n) is 10.9. The largest absolute Gasteiger partial charge is 0.371 e. The van der Waals surface area contributed by atoms with E-state index >= 15 is 0 Å². The Morgan fingerprint density at radius 2 is 1.49 bits per heavy atom. The Labute approximate surface area is 214 Å². The number of benzene rings is 1. The zero-order chi connectivity index (χ0) is 25.5. The van der Waals surface area contributed by atoms with Crippen LogP contribution in [0.5, 0.6) is 0 Å². The molecule has 2 rings (SSSR count). The van der Waals surface area contributed by atoms with Gasteiger partial charge in [-0.25, -0.2) is 0 Å². The molecule has 1 aliphatic heterocycles. The van der Waals surface area contributed by atoms with Gasteiger partial charge in [-0.1, -0.05) is 78.1 Å². The topological polar surface area (TPSA) is 61.4 Å².